The molecule has 0 aliphatic heterocycles. The van der Waals surface area contributed by atoms with E-state index < -0.39 is 0 Å². The van der Waals surface area contributed by atoms with Crippen LogP contribution in [0.2, 0.25) is 10.0 Å². The van der Waals surface area contributed by atoms with Gasteiger partial charge in [0.1, 0.15) is 5.75 Å². The average Bonchev–Trinajstić information content (AvgIpc) is 2.46. The number of para-hydroxylation sites is 1. The summed E-state index contributed by atoms with van der Waals surface area (Å²) in [5.74, 6) is 0.473. The molecule has 0 heterocycles. The van der Waals surface area contributed by atoms with E-state index in [4.69, 9.17) is 27.9 Å². The summed E-state index contributed by atoms with van der Waals surface area (Å²) in [4.78, 5) is 12.1. The molecule has 108 valence electrons. The van der Waals surface area contributed by atoms with Crippen LogP contribution in [-0.2, 0) is 0 Å². The van der Waals surface area contributed by atoms with Crippen molar-refractivity contribution < 1.29 is 9.53 Å². The Balaban J connectivity index is 2.11. The van der Waals surface area contributed by atoms with Gasteiger partial charge in [0.05, 0.1) is 5.02 Å². The average molecular weight is 321 g/mol. The molecule has 0 aliphatic rings. The van der Waals surface area contributed by atoms with Gasteiger partial charge in [-0.05, 0) is 31.2 Å². The van der Waals surface area contributed by atoms with Crippen LogP contribution in [0.5, 0.6) is 5.75 Å². The van der Waals surface area contributed by atoms with Crippen molar-refractivity contribution >= 4 is 35.1 Å². The van der Waals surface area contributed by atoms with Gasteiger partial charge >= 0.3 is 0 Å². The first kappa shape index (κ1) is 15.6. The number of carbonyl (C=O) groups excluding carboxylic acids is 1. The highest BCUT2D eigenvalue weighted by molar-refractivity contribution is 6.36. The highest BCUT2D eigenvalue weighted by atomic mass is 35.5. The van der Waals surface area contributed by atoms with Crippen molar-refractivity contribution in [3.8, 4) is 5.75 Å². The Hall–Kier alpha value is -1.77. The largest absolute Gasteiger partial charge is 0.485 e. The first-order valence-electron chi connectivity index (χ1n) is 6.44. The van der Waals surface area contributed by atoms with Crippen LogP contribution in [0, 0.1) is 0 Å². The number of ether oxygens (including phenoxy) is 1. The number of hydrogen-bond donors (Lipinski definition) is 0. The normalized spacial score (nSPS) is 10.8. The summed E-state index contributed by atoms with van der Waals surface area (Å²) in [5, 5.41) is 0.828. The van der Waals surface area contributed by atoms with Gasteiger partial charge in [-0.1, -0.05) is 53.6 Å². The van der Waals surface area contributed by atoms with E-state index in [0.29, 0.717) is 21.4 Å². The van der Waals surface area contributed by atoms with E-state index in [1.54, 1.807) is 18.2 Å². The number of ketones is 1. The molecule has 0 saturated heterocycles. The molecule has 0 N–H and O–H groups in total. The van der Waals surface area contributed by atoms with Crippen LogP contribution in [0.1, 0.15) is 22.8 Å². The maximum Gasteiger partial charge on any atom is 0.201 e. The zero-order valence-electron chi connectivity index (χ0n) is 11.5. The second-order valence-corrected chi connectivity index (χ2v) is 5.22. The van der Waals surface area contributed by atoms with Gasteiger partial charge in [-0.2, -0.15) is 0 Å². The van der Waals surface area contributed by atoms with Crippen LogP contribution < -0.4 is 4.74 Å². The number of benzene rings is 2. The van der Waals surface area contributed by atoms with Crippen molar-refractivity contribution in [1.29, 1.82) is 0 Å². The third-order valence-electron chi connectivity index (χ3n) is 2.86. The molecule has 0 bridgehead atoms. The molecule has 2 rings (SSSR count). The topological polar surface area (TPSA) is 26.3 Å². The van der Waals surface area contributed by atoms with Crippen molar-refractivity contribution in [2.75, 3.05) is 6.61 Å². The van der Waals surface area contributed by atoms with Gasteiger partial charge in [-0.15, -0.1) is 0 Å². The molecule has 2 nitrogen and oxygen atoms in total. The Morgan fingerprint density at radius 2 is 1.95 bits per heavy atom. The van der Waals surface area contributed by atoms with Gasteiger partial charge in [-0.3, -0.25) is 4.79 Å². The number of allylic oxidation sites excluding steroid dienone is 1. The standard InChI is InChI=1S/C17H14Cl2O2/c1-2-5-12-6-3-4-7-17(12)21-11-16(20)14-9-8-13(18)10-15(14)19/h2-10H,11H2,1H3. The SMILES string of the molecule is CC=Cc1ccccc1OCC(=O)c1ccc(Cl)cc1Cl. The van der Waals surface area contributed by atoms with E-state index in [2.05, 4.69) is 0 Å². The fourth-order valence-corrected chi connectivity index (χ4v) is 2.38. The van der Waals surface area contributed by atoms with E-state index in [1.807, 2.05) is 43.3 Å². The third kappa shape index (κ3) is 4.10. The molecule has 21 heavy (non-hydrogen) atoms. The van der Waals surface area contributed by atoms with Crippen LogP contribution in [0.4, 0.5) is 0 Å². The molecule has 0 amide bonds. The van der Waals surface area contributed by atoms with Crippen LogP contribution in [-0.4, -0.2) is 12.4 Å². The molecule has 2 aromatic carbocycles. The molecule has 0 saturated carbocycles. The molecule has 0 aromatic heterocycles. The van der Waals surface area contributed by atoms with Gasteiger partial charge in [0.2, 0.25) is 5.78 Å². The zero-order valence-corrected chi connectivity index (χ0v) is 13.0. The first-order chi connectivity index (χ1) is 10.1. The summed E-state index contributed by atoms with van der Waals surface area (Å²) in [7, 11) is 0. The minimum atomic E-state index is -0.188. The molecule has 0 radical (unpaired) electrons. The quantitative estimate of drug-likeness (QED) is 0.700. The van der Waals surface area contributed by atoms with Crippen LogP contribution >= 0.6 is 23.2 Å². The molecular formula is C17H14Cl2O2. The van der Waals surface area contributed by atoms with Gasteiger partial charge < -0.3 is 4.74 Å². The third-order valence-corrected chi connectivity index (χ3v) is 3.40. The Bertz CT molecular complexity index is 678. The molecular weight excluding hydrogens is 307 g/mol. The van der Waals surface area contributed by atoms with E-state index in [-0.39, 0.29) is 12.4 Å². The fraction of sp³-hybridized carbons (Fsp3) is 0.118. The highest BCUT2D eigenvalue weighted by Gasteiger charge is 2.12. The lowest BCUT2D eigenvalue weighted by atomic mass is 10.1. The Morgan fingerprint density at radius 3 is 2.67 bits per heavy atom. The predicted octanol–water partition coefficient (Wildman–Crippen LogP) is 5.29. The van der Waals surface area contributed by atoms with Crippen LogP contribution in [0.25, 0.3) is 6.08 Å². The fourth-order valence-electron chi connectivity index (χ4n) is 1.87. The van der Waals surface area contributed by atoms with E-state index in [9.17, 15) is 4.79 Å². The van der Waals surface area contributed by atoms with Crippen molar-refractivity contribution in [2.45, 2.75) is 6.92 Å². The lowest BCUT2D eigenvalue weighted by Gasteiger charge is -2.09. The van der Waals surface area contributed by atoms with Crippen molar-refractivity contribution in [3.63, 3.8) is 0 Å². The molecule has 0 spiro atoms. The molecule has 0 unspecified atom stereocenters. The Morgan fingerprint density at radius 1 is 1.19 bits per heavy atom. The number of Topliss-reactive ketones (excluding diaryl/α,β-unsaturated/α-hetero) is 1. The molecule has 0 fully saturated rings. The van der Waals surface area contributed by atoms with E-state index in [0.717, 1.165) is 5.56 Å². The molecule has 2 aromatic rings. The van der Waals surface area contributed by atoms with Gasteiger partial charge in [-0.25, -0.2) is 0 Å². The predicted molar refractivity (Wildman–Crippen MR) is 87.4 cm³/mol. The maximum absolute atomic E-state index is 12.1. The first-order valence-corrected chi connectivity index (χ1v) is 7.20. The second kappa shape index (κ2) is 7.30. The van der Waals surface area contributed by atoms with Crippen LogP contribution in [0.15, 0.2) is 48.5 Å². The highest BCUT2D eigenvalue weighted by Crippen LogP contribution is 2.23. The summed E-state index contributed by atoms with van der Waals surface area (Å²) in [6.07, 6.45) is 3.84. The van der Waals surface area contributed by atoms with Crippen molar-refractivity contribution in [1.82, 2.24) is 0 Å². The Labute approximate surface area is 134 Å². The van der Waals surface area contributed by atoms with Gasteiger partial charge in [0.25, 0.3) is 0 Å². The maximum atomic E-state index is 12.1. The summed E-state index contributed by atoms with van der Waals surface area (Å²) < 4.78 is 5.60. The van der Waals surface area contributed by atoms with E-state index in [1.165, 1.54) is 0 Å². The lowest BCUT2D eigenvalue weighted by molar-refractivity contribution is 0.0921. The lowest BCUT2D eigenvalue weighted by Crippen LogP contribution is -2.12. The van der Waals surface area contributed by atoms with Crippen molar-refractivity contribution in [2.24, 2.45) is 0 Å². The van der Waals surface area contributed by atoms with Crippen LogP contribution in [0.3, 0.4) is 0 Å². The minimum Gasteiger partial charge on any atom is -0.485 e. The second-order valence-electron chi connectivity index (χ2n) is 4.37. The molecule has 0 aliphatic carbocycles. The van der Waals surface area contributed by atoms with Crippen molar-refractivity contribution in [3.05, 3.63) is 69.7 Å². The summed E-state index contributed by atoms with van der Waals surface area (Å²) in [5.41, 5.74) is 1.33. The number of carbonyl (C=O) groups is 1. The Kier molecular flexibility index (Phi) is 5.43. The summed E-state index contributed by atoms with van der Waals surface area (Å²) >= 11 is 11.8. The summed E-state index contributed by atoms with van der Waals surface area (Å²) in [6, 6.07) is 12.3. The number of rotatable bonds is 5. The number of halogens is 2. The minimum absolute atomic E-state index is 0.0735. The summed E-state index contributed by atoms with van der Waals surface area (Å²) in [6.45, 7) is 1.85. The monoisotopic (exact) mass is 320 g/mol. The smallest absolute Gasteiger partial charge is 0.201 e. The molecule has 0 atom stereocenters. The molecule has 4 heteroatoms. The zero-order chi connectivity index (χ0) is 15.2. The number of hydrogen-bond acceptors (Lipinski definition) is 2. The van der Waals surface area contributed by atoms with E-state index >= 15 is 0 Å². The van der Waals surface area contributed by atoms with Gasteiger partial charge in [0, 0.05) is 16.1 Å². The van der Waals surface area contributed by atoms with Gasteiger partial charge in [0.15, 0.2) is 6.61 Å².